The van der Waals surface area contributed by atoms with E-state index in [9.17, 15) is 0 Å². The van der Waals surface area contributed by atoms with Gasteiger partial charge in [-0.1, -0.05) is 42.8 Å². The van der Waals surface area contributed by atoms with E-state index in [0.29, 0.717) is 6.61 Å². The monoisotopic (exact) mass is 335 g/mol. The first-order valence-electron chi connectivity index (χ1n) is 9.56. The van der Waals surface area contributed by atoms with E-state index in [0.717, 1.165) is 35.9 Å². The van der Waals surface area contributed by atoms with Crippen LogP contribution in [0.5, 0.6) is 11.5 Å². The maximum atomic E-state index is 6.09. The van der Waals surface area contributed by atoms with Crippen molar-refractivity contribution in [3.63, 3.8) is 0 Å². The Labute approximate surface area is 149 Å². The zero-order chi connectivity index (χ0) is 16.6. The Hall–Kier alpha value is -2.00. The van der Waals surface area contributed by atoms with Gasteiger partial charge in [-0.15, -0.1) is 0 Å². The molecule has 0 saturated heterocycles. The zero-order valence-corrected chi connectivity index (χ0v) is 14.5. The average molecular weight is 335 g/mol. The molecule has 2 aromatic carbocycles. The number of hydrogen-bond donors (Lipinski definition) is 1. The third kappa shape index (κ3) is 3.02. The van der Waals surface area contributed by atoms with Gasteiger partial charge in [0.25, 0.3) is 0 Å². The Bertz CT molecular complexity index is 742. The van der Waals surface area contributed by atoms with Crippen LogP contribution in [-0.2, 0) is 6.54 Å². The summed E-state index contributed by atoms with van der Waals surface area (Å²) < 4.78 is 11.9. The van der Waals surface area contributed by atoms with Crippen LogP contribution in [-0.4, -0.2) is 12.6 Å². The maximum absolute atomic E-state index is 6.09. The lowest BCUT2D eigenvalue weighted by Gasteiger charge is -2.27. The summed E-state index contributed by atoms with van der Waals surface area (Å²) in [5.41, 5.74) is 2.53. The molecule has 1 heterocycles. The van der Waals surface area contributed by atoms with Crippen LogP contribution in [0.15, 0.2) is 48.5 Å². The fourth-order valence-electron chi connectivity index (χ4n) is 4.78. The van der Waals surface area contributed by atoms with Crippen LogP contribution in [0.1, 0.15) is 42.9 Å². The minimum atomic E-state index is -0.0255. The predicted octanol–water partition coefficient (Wildman–Crippen LogP) is 4.48. The topological polar surface area (TPSA) is 30.5 Å². The lowest BCUT2D eigenvalue weighted by molar-refractivity contribution is 0.0913. The van der Waals surface area contributed by atoms with Gasteiger partial charge in [0.05, 0.1) is 0 Å². The van der Waals surface area contributed by atoms with Crippen molar-refractivity contribution < 1.29 is 9.47 Å². The Morgan fingerprint density at radius 3 is 2.52 bits per heavy atom. The van der Waals surface area contributed by atoms with Crippen LogP contribution in [0.25, 0.3) is 0 Å². The van der Waals surface area contributed by atoms with E-state index < -0.39 is 0 Å². The molecular weight excluding hydrogens is 310 g/mol. The molecule has 0 radical (unpaired) electrons. The molecule has 1 N–H and O–H groups in total. The van der Waals surface area contributed by atoms with Crippen LogP contribution >= 0.6 is 0 Å². The van der Waals surface area contributed by atoms with Crippen molar-refractivity contribution in [2.24, 2.45) is 11.8 Å². The first kappa shape index (κ1) is 15.3. The molecule has 3 aliphatic rings. The Morgan fingerprint density at radius 1 is 0.920 bits per heavy atom. The number of fused-ring (bicyclic) bond motifs is 3. The lowest BCUT2D eigenvalue weighted by Crippen LogP contribution is -2.33. The van der Waals surface area contributed by atoms with Gasteiger partial charge in [0.1, 0.15) is 6.61 Å². The summed E-state index contributed by atoms with van der Waals surface area (Å²) in [6.45, 7) is 1.54. The van der Waals surface area contributed by atoms with Gasteiger partial charge in [-0.05, 0) is 54.4 Å². The normalized spacial score (nSPS) is 29.8. The van der Waals surface area contributed by atoms with Crippen LogP contribution in [0.4, 0.5) is 0 Å². The molecule has 2 bridgehead atoms. The van der Waals surface area contributed by atoms with Gasteiger partial charge in [-0.2, -0.15) is 0 Å². The number of hydrogen-bond acceptors (Lipinski definition) is 3. The van der Waals surface area contributed by atoms with E-state index in [-0.39, 0.29) is 6.10 Å². The molecule has 4 unspecified atom stereocenters. The standard InChI is InChI=1S/C22H25NO2/c1-2-4-21-20(3-1)24-14-22(25-21)17-8-5-15(6-9-17)13-23-19-12-16-7-10-18(19)11-16/h1-6,8-9,16,18-19,22-23H,7,10-14H2. The molecule has 0 spiro atoms. The van der Waals surface area contributed by atoms with Crippen LogP contribution < -0.4 is 14.8 Å². The highest BCUT2D eigenvalue weighted by atomic mass is 16.6. The highest BCUT2D eigenvalue weighted by Crippen LogP contribution is 2.44. The van der Waals surface area contributed by atoms with E-state index in [4.69, 9.17) is 9.47 Å². The van der Waals surface area contributed by atoms with Crippen molar-refractivity contribution in [2.75, 3.05) is 6.61 Å². The lowest BCUT2D eigenvalue weighted by atomic mass is 9.95. The van der Waals surface area contributed by atoms with Crippen LogP contribution in [0, 0.1) is 11.8 Å². The Kier molecular flexibility index (Phi) is 3.90. The van der Waals surface area contributed by atoms with Crippen LogP contribution in [0.2, 0.25) is 0 Å². The summed E-state index contributed by atoms with van der Waals surface area (Å²) in [7, 11) is 0. The van der Waals surface area contributed by atoms with E-state index in [2.05, 4.69) is 29.6 Å². The number of benzene rings is 2. The maximum Gasteiger partial charge on any atom is 0.162 e. The minimum absolute atomic E-state index is 0.0255. The molecule has 4 atom stereocenters. The quantitative estimate of drug-likeness (QED) is 0.894. The summed E-state index contributed by atoms with van der Waals surface area (Å²) in [4.78, 5) is 0. The molecule has 25 heavy (non-hydrogen) atoms. The summed E-state index contributed by atoms with van der Waals surface area (Å²) in [6.07, 6.45) is 5.71. The molecule has 2 saturated carbocycles. The summed E-state index contributed by atoms with van der Waals surface area (Å²) >= 11 is 0. The molecule has 1 aliphatic heterocycles. The van der Waals surface area contributed by atoms with E-state index >= 15 is 0 Å². The van der Waals surface area contributed by atoms with Crippen molar-refractivity contribution in [2.45, 2.75) is 44.4 Å². The fraction of sp³-hybridized carbons (Fsp3) is 0.455. The number of para-hydroxylation sites is 2. The van der Waals surface area contributed by atoms with E-state index in [1.54, 1.807) is 0 Å². The highest BCUT2D eigenvalue weighted by Gasteiger charge is 2.38. The van der Waals surface area contributed by atoms with Gasteiger partial charge in [0, 0.05) is 12.6 Å². The molecule has 0 aromatic heterocycles. The van der Waals surface area contributed by atoms with Gasteiger partial charge >= 0.3 is 0 Å². The van der Waals surface area contributed by atoms with Gasteiger partial charge in [-0.3, -0.25) is 0 Å². The van der Waals surface area contributed by atoms with Crippen molar-refractivity contribution in [3.8, 4) is 11.5 Å². The largest absolute Gasteiger partial charge is 0.485 e. The molecule has 2 aromatic rings. The summed E-state index contributed by atoms with van der Waals surface area (Å²) in [5, 5.41) is 3.79. The molecule has 0 amide bonds. The van der Waals surface area contributed by atoms with Crippen molar-refractivity contribution in [1.29, 1.82) is 0 Å². The second-order valence-corrected chi connectivity index (χ2v) is 7.77. The first-order valence-corrected chi connectivity index (χ1v) is 9.56. The van der Waals surface area contributed by atoms with Gasteiger partial charge in [0.15, 0.2) is 17.6 Å². The van der Waals surface area contributed by atoms with Crippen molar-refractivity contribution in [1.82, 2.24) is 5.32 Å². The molecule has 130 valence electrons. The molecule has 3 nitrogen and oxygen atoms in total. The first-order chi connectivity index (χ1) is 12.3. The van der Waals surface area contributed by atoms with Crippen molar-refractivity contribution >= 4 is 0 Å². The Balaban J connectivity index is 1.21. The fourth-order valence-corrected chi connectivity index (χ4v) is 4.78. The minimum Gasteiger partial charge on any atom is -0.485 e. The second-order valence-electron chi connectivity index (χ2n) is 7.77. The molecule has 2 fully saturated rings. The van der Waals surface area contributed by atoms with Gasteiger partial charge in [-0.25, -0.2) is 0 Å². The third-order valence-electron chi connectivity index (χ3n) is 6.17. The van der Waals surface area contributed by atoms with Crippen molar-refractivity contribution in [3.05, 3.63) is 59.7 Å². The molecule has 5 rings (SSSR count). The van der Waals surface area contributed by atoms with Gasteiger partial charge < -0.3 is 14.8 Å². The average Bonchev–Trinajstić information content (AvgIpc) is 3.30. The molecule has 2 aliphatic carbocycles. The number of nitrogens with one attached hydrogen (secondary N) is 1. The highest BCUT2D eigenvalue weighted by molar-refractivity contribution is 5.41. The molecule has 3 heteroatoms. The van der Waals surface area contributed by atoms with E-state index in [1.165, 1.54) is 36.8 Å². The van der Waals surface area contributed by atoms with E-state index in [1.807, 2.05) is 24.3 Å². The summed E-state index contributed by atoms with van der Waals surface area (Å²) in [5.74, 6) is 3.60. The SMILES string of the molecule is c1ccc2c(c1)OCC(c1ccc(CNC3CC4CCC3C4)cc1)O2. The molecular formula is C22H25NO2. The third-order valence-corrected chi connectivity index (χ3v) is 6.17. The predicted molar refractivity (Wildman–Crippen MR) is 97.8 cm³/mol. The zero-order valence-electron chi connectivity index (χ0n) is 14.5. The number of rotatable bonds is 4. The Morgan fingerprint density at radius 2 is 1.76 bits per heavy atom. The summed E-state index contributed by atoms with van der Waals surface area (Å²) in [6, 6.07) is 17.4. The second kappa shape index (κ2) is 6.38. The van der Waals surface area contributed by atoms with Crippen LogP contribution in [0.3, 0.4) is 0 Å². The number of ether oxygens (including phenoxy) is 2. The van der Waals surface area contributed by atoms with Gasteiger partial charge in [0.2, 0.25) is 0 Å². The smallest absolute Gasteiger partial charge is 0.162 e.